The third-order valence-electron chi connectivity index (χ3n) is 4.17. The van der Waals surface area contributed by atoms with E-state index in [1.165, 1.54) is 0 Å². The quantitative estimate of drug-likeness (QED) is 0.722. The Morgan fingerprint density at radius 3 is 2.95 bits per heavy atom. The van der Waals surface area contributed by atoms with Crippen molar-refractivity contribution in [3.05, 3.63) is 66.0 Å². The van der Waals surface area contributed by atoms with Crippen LogP contribution in [0.25, 0.3) is 10.8 Å². The highest BCUT2D eigenvalue weighted by Gasteiger charge is 2.27. The van der Waals surface area contributed by atoms with Crippen molar-refractivity contribution >= 4 is 22.4 Å². The number of hydrogen-bond acceptors (Lipinski definition) is 3. The standard InChI is InChI=1S/C18H14N2O2/c21-12-4-5-15-16(9-18(22)20-17(15)8-12)14-3-1-2-11-10-19-7-6-13(11)14/h1-8,10,16,21H,9H2,(H,20,22). The van der Waals surface area contributed by atoms with Crippen LogP contribution in [0, 0.1) is 0 Å². The molecule has 1 aromatic heterocycles. The third-order valence-corrected chi connectivity index (χ3v) is 4.17. The van der Waals surface area contributed by atoms with E-state index in [4.69, 9.17) is 0 Å². The summed E-state index contributed by atoms with van der Waals surface area (Å²) in [6.45, 7) is 0. The van der Waals surface area contributed by atoms with Gasteiger partial charge < -0.3 is 10.4 Å². The molecule has 0 bridgehead atoms. The summed E-state index contributed by atoms with van der Waals surface area (Å²) in [6, 6.07) is 13.2. The van der Waals surface area contributed by atoms with Gasteiger partial charge in [-0.15, -0.1) is 0 Å². The SMILES string of the molecule is O=C1CC(c2cccc3cnccc23)c2ccc(O)cc2N1. The number of carbonyl (C=O) groups is 1. The van der Waals surface area contributed by atoms with E-state index in [0.717, 1.165) is 21.9 Å². The monoisotopic (exact) mass is 290 g/mol. The number of hydrogen-bond donors (Lipinski definition) is 2. The minimum Gasteiger partial charge on any atom is -0.508 e. The largest absolute Gasteiger partial charge is 0.508 e. The van der Waals surface area contributed by atoms with Crippen LogP contribution in [0.4, 0.5) is 5.69 Å². The lowest BCUT2D eigenvalue weighted by molar-refractivity contribution is -0.116. The summed E-state index contributed by atoms with van der Waals surface area (Å²) in [4.78, 5) is 16.2. The number of rotatable bonds is 1. The number of amides is 1. The zero-order chi connectivity index (χ0) is 15.1. The first-order valence-electron chi connectivity index (χ1n) is 7.18. The van der Waals surface area contributed by atoms with Crippen molar-refractivity contribution in [2.24, 2.45) is 0 Å². The van der Waals surface area contributed by atoms with Crippen LogP contribution in [0.15, 0.2) is 54.9 Å². The number of phenols is 1. The molecule has 0 saturated heterocycles. The number of phenolic OH excluding ortho intramolecular Hbond substituents is 1. The maximum absolute atomic E-state index is 12.1. The minimum absolute atomic E-state index is 0.0181. The average molecular weight is 290 g/mol. The normalized spacial score (nSPS) is 17.1. The number of fused-ring (bicyclic) bond motifs is 2. The summed E-state index contributed by atoms with van der Waals surface area (Å²) in [5.74, 6) is 0.103. The molecule has 2 aromatic carbocycles. The number of aromatic nitrogens is 1. The second-order valence-corrected chi connectivity index (χ2v) is 5.52. The van der Waals surface area contributed by atoms with Crippen molar-refractivity contribution in [3.63, 3.8) is 0 Å². The van der Waals surface area contributed by atoms with Crippen LogP contribution < -0.4 is 5.32 Å². The second-order valence-electron chi connectivity index (χ2n) is 5.52. The molecular formula is C18H14N2O2. The summed E-state index contributed by atoms with van der Waals surface area (Å²) in [5, 5.41) is 14.6. The van der Waals surface area contributed by atoms with Crippen molar-refractivity contribution in [2.75, 3.05) is 5.32 Å². The summed E-state index contributed by atoms with van der Waals surface area (Å²) in [6.07, 6.45) is 4.01. The fourth-order valence-electron chi connectivity index (χ4n) is 3.18. The molecule has 0 spiro atoms. The lowest BCUT2D eigenvalue weighted by Crippen LogP contribution is -2.23. The number of pyridine rings is 1. The van der Waals surface area contributed by atoms with Gasteiger partial charge in [-0.2, -0.15) is 0 Å². The van der Waals surface area contributed by atoms with Crippen molar-refractivity contribution in [3.8, 4) is 5.75 Å². The van der Waals surface area contributed by atoms with E-state index in [-0.39, 0.29) is 17.6 Å². The van der Waals surface area contributed by atoms with Crippen LogP contribution in [0.3, 0.4) is 0 Å². The lowest BCUT2D eigenvalue weighted by Gasteiger charge is -2.27. The predicted molar refractivity (Wildman–Crippen MR) is 84.9 cm³/mol. The topological polar surface area (TPSA) is 62.2 Å². The van der Waals surface area contributed by atoms with Crippen LogP contribution >= 0.6 is 0 Å². The molecule has 2 heterocycles. The van der Waals surface area contributed by atoms with Gasteiger partial charge in [-0.3, -0.25) is 9.78 Å². The van der Waals surface area contributed by atoms with Crippen LogP contribution in [-0.4, -0.2) is 16.0 Å². The fourth-order valence-corrected chi connectivity index (χ4v) is 3.18. The van der Waals surface area contributed by atoms with E-state index in [2.05, 4.69) is 16.4 Å². The predicted octanol–water partition coefficient (Wildman–Crippen LogP) is 3.41. The first kappa shape index (κ1) is 12.8. The van der Waals surface area contributed by atoms with Gasteiger partial charge in [0.2, 0.25) is 5.91 Å². The Morgan fingerprint density at radius 2 is 2.05 bits per heavy atom. The van der Waals surface area contributed by atoms with Crippen LogP contribution in [-0.2, 0) is 4.79 Å². The number of aromatic hydroxyl groups is 1. The number of benzene rings is 2. The molecule has 108 valence electrons. The Labute approximate surface area is 127 Å². The molecular weight excluding hydrogens is 276 g/mol. The first-order chi connectivity index (χ1) is 10.7. The summed E-state index contributed by atoms with van der Waals surface area (Å²) >= 11 is 0. The second kappa shape index (κ2) is 4.84. The summed E-state index contributed by atoms with van der Waals surface area (Å²) < 4.78 is 0. The van der Waals surface area contributed by atoms with Gasteiger partial charge in [-0.1, -0.05) is 24.3 Å². The smallest absolute Gasteiger partial charge is 0.225 e. The van der Waals surface area contributed by atoms with Crippen molar-refractivity contribution < 1.29 is 9.90 Å². The van der Waals surface area contributed by atoms with E-state index in [1.807, 2.05) is 30.5 Å². The fraction of sp³-hybridized carbons (Fsp3) is 0.111. The molecule has 0 radical (unpaired) electrons. The molecule has 4 nitrogen and oxygen atoms in total. The van der Waals surface area contributed by atoms with Gasteiger partial charge in [-0.05, 0) is 28.6 Å². The molecule has 0 fully saturated rings. The first-order valence-corrected chi connectivity index (χ1v) is 7.18. The Bertz CT molecular complexity index is 884. The average Bonchev–Trinajstić information content (AvgIpc) is 2.53. The number of anilines is 1. The van der Waals surface area contributed by atoms with Crippen LogP contribution in [0.5, 0.6) is 5.75 Å². The van der Waals surface area contributed by atoms with E-state index >= 15 is 0 Å². The van der Waals surface area contributed by atoms with Gasteiger partial charge in [0, 0.05) is 41.9 Å². The van der Waals surface area contributed by atoms with Crippen molar-refractivity contribution in [2.45, 2.75) is 12.3 Å². The highest BCUT2D eigenvalue weighted by molar-refractivity contribution is 5.97. The van der Waals surface area contributed by atoms with Gasteiger partial charge in [-0.25, -0.2) is 0 Å². The minimum atomic E-state index is -0.0332. The van der Waals surface area contributed by atoms with Gasteiger partial charge >= 0.3 is 0 Å². The molecule has 2 N–H and O–H groups in total. The number of nitrogens with one attached hydrogen (secondary N) is 1. The molecule has 3 aromatic rings. The maximum Gasteiger partial charge on any atom is 0.225 e. The molecule has 1 aliphatic rings. The highest BCUT2D eigenvalue weighted by atomic mass is 16.3. The molecule has 4 heteroatoms. The third kappa shape index (κ3) is 2.00. The molecule has 0 saturated carbocycles. The Balaban J connectivity index is 1.94. The van der Waals surface area contributed by atoms with E-state index in [9.17, 15) is 9.90 Å². The molecule has 1 amide bonds. The lowest BCUT2D eigenvalue weighted by atomic mass is 9.83. The Morgan fingerprint density at radius 1 is 1.14 bits per heavy atom. The zero-order valence-corrected chi connectivity index (χ0v) is 11.8. The van der Waals surface area contributed by atoms with Crippen molar-refractivity contribution in [1.29, 1.82) is 0 Å². The molecule has 1 unspecified atom stereocenters. The van der Waals surface area contributed by atoms with Gasteiger partial charge in [0.15, 0.2) is 0 Å². The van der Waals surface area contributed by atoms with Crippen LogP contribution in [0.2, 0.25) is 0 Å². The zero-order valence-electron chi connectivity index (χ0n) is 11.8. The van der Waals surface area contributed by atoms with Gasteiger partial charge in [0.1, 0.15) is 5.75 Å². The van der Waals surface area contributed by atoms with E-state index in [1.54, 1.807) is 18.3 Å². The summed E-state index contributed by atoms with van der Waals surface area (Å²) in [5.41, 5.74) is 2.83. The van der Waals surface area contributed by atoms with E-state index < -0.39 is 0 Å². The Hall–Kier alpha value is -2.88. The molecule has 4 rings (SSSR count). The number of carbonyl (C=O) groups excluding carboxylic acids is 1. The maximum atomic E-state index is 12.1. The van der Waals surface area contributed by atoms with Gasteiger partial charge in [0.25, 0.3) is 0 Å². The van der Waals surface area contributed by atoms with E-state index in [0.29, 0.717) is 12.1 Å². The number of nitrogens with zero attached hydrogens (tertiary/aromatic N) is 1. The highest BCUT2D eigenvalue weighted by Crippen LogP contribution is 2.40. The van der Waals surface area contributed by atoms with Crippen LogP contribution in [0.1, 0.15) is 23.5 Å². The summed E-state index contributed by atoms with van der Waals surface area (Å²) in [7, 11) is 0. The molecule has 1 atom stereocenters. The van der Waals surface area contributed by atoms with Gasteiger partial charge in [0.05, 0.1) is 0 Å². The molecule has 1 aliphatic heterocycles. The molecule has 0 aliphatic carbocycles. The molecule has 22 heavy (non-hydrogen) atoms. The Kier molecular flexibility index (Phi) is 2.82. The van der Waals surface area contributed by atoms with Crippen molar-refractivity contribution in [1.82, 2.24) is 4.98 Å².